The van der Waals surface area contributed by atoms with Crippen LogP contribution in [0.15, 0.2) is 18.3 Å². The van der Waals surface area contributed by atoms with Crippen molar-refractivity contribution in [3.05, 3.63) is 34.9 Å². The van der Waals surface area contributed by atoms with Crippen molar-refractivity contribution >= 4 is 17.7 Å². The van der Waals surface area contributed by atoms with Gasteiger partial charge in [0.1, 0.15) is 11.0 Å². The molecule has 2 nitrogen and oxygen atoms in total. The van der Waals surface area contributed by atoms with Crippen molar-refractivity contribution < 1.29 is 9.50 Å². The van der Waals surface area contributed by atoms with Crippen molar-refractivity contribution in [2.75, 3.05) is 6.61 Å². The summed E-state index contributed by atoms with van der Waals surface area (Å²) in [5, 5.41) is 8.66. The maximum absolute atomic E-state index is 12.8. The number of rotatable bonds is 2. The predicted molar refractivity (Wildman–Crippen MR) is 45.3 cm³/mol. The standard InChI is InChI=1S/C8H7ClFNO/c9-8-4-6(2-1-3-12)7(10)5-11-8/h1-2,4-5,12H,3H2. The molecule has 64 valence electrons. The number of hydrogen-bond donors (Lipinski definition) is 1. The minimum Gasteiger partial charge on any atom is -0.392 e. The van der Waals surface area contributed by atoms with E-state index in [0.29, 0.717) is 5.56 Å². The Balaban J connectivity index is 2.97. The largest absolute Gasteiger partial charge is 0.392 e. The Morgan fingerprint density at radius 3 is 3.08 bits per heavy atom. The molecule has 0 aliphatic rings. The van der Waals surface area contributed by atoms with Crippen molar-refractivity contribution in [1.29, 1.82) is 0 Å². The molecule has 0 saturated heterocycles. The second-order valence-corrected chi connectivity index (χ2v) is 2.50. The van der Waals surface area contributed by atoms with E-state index >= 15 is 0 Å². The van der Waals surface area contributed by atoms with Crippen molar-refractivity contribution in [1.82, 2.24) is 4.98 Å². The first kappa shape index (κ1) is 9.16. The number of hydrogen-bond acceptors (Lipinski definition) is 2. The zero-order valence-electron chi connectivity index (χ0n) is 6.17. The summed E-state index contributed by atoms with van der Waals surface area (Å²) < 4.78 is 12.8. The van der Waals surface area contributed by atoms with Gasteiger partial charge in [0, 0.05) is 5.56 Å². The van der Waals surface area contributed by atoms with Crippen LogP contribution in [0.2, 0.25) is 5.15 Å². The molecule has 1 rings (SSSR count). The number of nitrogens with zero attached hydrogens (tertiary/aromatic N) is 1. The molecule has 1 heterocycles. The van der Waals surface area contributed by atoms with Crippen LogP contribution in [-0.2, 0) is 0 Å². The van der Waals surface area contributed by atoms with Gasteiger partial charge in [-0.3, -0.25) is 0 Å². The maximum atomic E-state index is 12.8. The normalized spacial score (nSPS) is 10.9. The minimum atomic E-state index is -0.455. The van der Waals surface area contributed by atoms with Crippen LogP contribution in [0.25, 0.3) is 6.08 Å². The molecular formula is C8H7ClFNO. The van der Waals surface area contributed by atoms with E-state index in [4.69, 9.17) is 16.7 Å². The second kappa shape index (κ2) is 4.18. The monoisotopic (exact) mass is 187 g/mol. The van der Waals surface area contributed by atoms with Crippen LogP contribution in [0.1, 0.15) is 5.56 Å². The highest BCUT2D eigenvalue weighted by atomic mass is 35.5. The fraction of sp³-hybridized carbons (Fsp3) is 0.125. The van der Waals surface area contributed by atoms with Gasteiger partial charge in [-0.2, -0.15) is 0 Å². The van der Waals surface area contributed by atoms with Gasteiger partial charge in [0.25, 0.3) is 0 Å². The van der Waals surface area contributed by atoms with E-state index in [-0.39, 0.29) is 11.8 Å². The van der Waals surface area contributed by atoms with Crippen molar-refractivity contribution in [3.8, 4) is 0 Å². The molecule has 0 unspecified atom stereocenters. The van der Waals surface area contributed by atoms with Gasteiger partial charge < -0.3 is 5.11 Å². The summed E-state index contributed by atoms with van der Waals surface area (Å²) in [7, 11) is 0. The fourth-order valence-corrected chi connectivity index (χ4v) is 0.901. The lowest BCUT2D eigenvalue weighted by atomic mass is 10.2. The number of aromatic nitrogens is 1. The van der Waals surface area contributed by atoms with Crippen molar-refractivity contribution in [3.63, 3.8) is 0 Å². The second-order valence-electron chi connectivity index (χ2n) is 2.11. The van der Waals surface area contributed by atoms with Gasteiger partial charge in [-0.1, -0.05) is 23.8 Å². The van der Waals surface area contributed by atoms with Gasteiger partial charge in [-0.15, -0.1) is 0 Å². The molecule has 4 heteroatoms. The minimum absolute atomic E-state index is 0.126. The molecule has 0 aliphatic heterocycles. The molecule has 1 aromatic heterocycles. The van der Waals surface area contributed by atoms with Gasteiger partial charge in [0.2, 0.25) is 0 Å². The SMILES string of the molecule is OCC=Cc1cc(Cl)ncc1F. The lowest BCUT2D eigenvalue weighted by Crippen LogP contribution is -1.85. The van der Waals surface area contributed by atoms with Gasteiger partial charge in [-0.05, 0) is 6.07 Å². The number of aliphatic hydroxyl groups is 1. The molecule has 0 amide bonds. The predicted octanol–water partition coefficient (Wildman–Crippen LogP) is 1.88. The molecule has 0 spiro atoms. The summed E-state index contributed by atoms with van der Waals surface area (Å²) >= 11 is 5.52. The molecule has 0 aliphatic carbocycles. The molecule has 1 N–H and O–H groups in total. The van der Waals surface area contributed by atoms with E-state index in [1.54, 1.807) is 0 Å². The van der Waals surface area contributed by atoms with E-state index in [1.807, 2.05) is 0 Å². The summed E-state index contributed by atoms with van der Waals surface area (Å²) in [6.07, 6.45) is 3.91. The third kappa shape index (κ3) is 2.29. The first-order valence-electron chi connectivity index (χ1n) is 3.32. The fourth-order valence-electron chi connectivity index (χ4n) is 0.735. The highest BCUT2D eigenvalue weighted by Gasteiger charge is 1.98. The van der Waals surface area contributed by atoms with E-state index in [2.05, 4.69) is 4.98 Å². The Bertz CT molecular complexity index is 301. The summed E-state index contributed by atoms with van der Waals surface area (Å²) in [5.74, 6) is -0.455. The van der Waals surface area contributed by atoms with E-state index < -0.39 is 5.82 Å². The van der Waals surface area contributed by atoms with Crippen LogP contribution in [-0.4, -0.2) is 16.7 Å². The van der Waals surface area contributed by atoms with Crippen LogP contribution in [0, 0.1) is 5.82 Å². The quantitative estimate of drug-likeness (QED) is 0.718. The molecule has 0 atom stereocenters. The first-order chi connectivity index (χ1) is 5.74. The molecule has 0 radical (unpaired) electrons. The first-order valence-corrected chi connectivity index (χ1v) is 3.70. The molecule has 0 saturated carbocycles. The molecule has 0 bridgehead atoms. The third-order valence-corrected chi connectivity index (χ3v) is 1.46. The summed E-state index contributed by atoms with van der Waals surface area (Å²) in [6.45, 7) is -0.126. The van der Waals surface area contributed by atoms with Gasteiger partial charge in [0.15, 0.2) is 0 Å². The smallest absolute Gasteiger partial charge is 0.148 e. The number of aliphatic hydroxyl groups excluding tert-OH is 1. The van der Waals surface area contributed by atoms with Crippen LogP contribution in [0.3, 0.4) is 0 Å². The van der Waals surface area contributed by atoms with Crippen LogP contribution in [0.5, 0.6) is 0 Å². The van der Waals surface area contributed by atoms with Crippen LogP contribution < -0.4 is 0 Å². The summed E-state index contributed by atoms with van der Waals surface area (Å²) in [5.41, 5.74) is 0.323. The summed E-state index contributed by atoms with van der Waals surface area (Å²) in [6, 6.07) is 1.39. The van der Waals surface area contributed by atoms with E-state index in [0.717, 1.165) is 6.20 Å². The molecule has 0 fully saturated rings. The van der Waals surface area contributed by atoms with Gasteiger partial charge >= 0.3 is 0 Å². The summed E-state index contributed by atoms with van der Waals surface area (Å²) in [4.78, 5) is 3.54. The van der Waals surface area contributed by atoms with Crippen LogP contribution in [0.4, 0.5) is 4.39 Å². The van der Waals surface area contributed by atoms with Gasteiger partial charge in [-0.25, -0.2) is 9.37 Å². The topological polar surface area (TPSA) is 33.1 Å². The Morgan fingerprint density at radius 1 is 1.67 bits per heavy atom. The highest BCUT2D eigenvalue weighted by molar-refractivity contribution is 6.29. The zero-order chi connectivity index (χ0) is 8.97. The number of halogens is 2. The van der Waals surface area contributed by atoms with E-state index in [9.17, 15) is 4.39 Å². The molecule has 1 aromatic rings. The van der Waals surface area contributed by atoms with Crippen LogP contribution >= 0.6 is 11.6 Å². The lowest BCUT2D eigenvalue weighted by molar-refractivity contribution is 0.343. The zero-order valence-corrected chi connectivity index (χ0v) is 6.92. The average Bonchev–Trinajstić information content (AvgIpc) is 2.07. The van der Waals surface area contributed by atoms with Crippen molar-refractivity contribution in [2.24, 2.45) is 0 Å². The lowest BCUT2D eigenvalue weighted by Gasteiger charge is -1.95. The Kier molecular flexibility index (Phi) is 3.19. The third-order valence-electron chi connectivity index (χ3n) is 1.25. The Hall–Kier alpha value is -0.930. The number of pyridine rings is 1. The Labute approximate surface area is 74.3 Å². The Morgan fingerprint density at radius 2 is 2.42 bits per heavy atom. The molecular weight excluding hydrogens is 181 g/mol. The highest BCUT2D eigenvalue weighted by Crippen LogP contribution is 2.12. The molecule has 12 heavy (non-hydrogen) atoms. The maximum Gasteiger partial charge on any atom is 0.148 e. The van der Waals surface area contributed by atoms with Gasteiger partial charge in [0.05, 0.1) is 12.8 Å². The van der Waals surface area contributed by atoms with E-state index in [1.165, 1.54) is 18.2 Å². The molecule has 0 aromatic carbocycles. The van der Waals surface area contributed by atoms with Crippen molar-refractivity contribution in [2.45, 2.75) is 0 Å². The average molecular weight is 188 g/mol.